The van der Waals surface area contributed by atoms with Crippen molar-refractivity contribution in [1.82, 2.24) is 0 Å². The van der Waals surface area contributed by atoms with Gasteiger partial charge in [-0.15, -0.1) is 0 Å². The van der Waals surface area contributed by atoms with Crippen molar-refractivity contribution in [1.29, 1.82) is 0 Å². The third kappa shape index (κ3) is 1.77. The molecule has 0 aliphatic heterocycles. The Morgan fingerprint density at radius 2 is 2.17 bits per heavy atom. The van der Waals surface area contributed by atoms with Crippen molar-refractivity contribution in [3.8, 4) is 0 Å². The number of methoxy groups -OCH3 is 2. The topological polar surface area (TPSA) is 64.7 Å². The second-order valence-electron chi connectivity index (χ2n) is 3.31. The van der Waals surface area contributed by atoms with E-state index in [1.807, 2.05) is 0 Å². The van der Waals surface area contributed by atoms with Gasteiger partial charge in [-0.05, 0) is 6.42 Å². The van der Waals surface area contributed by atoms with Gasteiger partial charge in [0, 0.05) is 26.2 Å². The highest BCUT2D eigenvalue weighted by Crippen LogP contribution is 2.27. The average Bonchev–Trinajstić information content (AvgIpc) is 2.29. The molecule has 1 unspecified atom stereocenters. The van der Waals surface area contributed by atoms with Gasteiger partial charge < -0.3 is 20.3 Å². The zero-order chi connectivity index (χ0) is 9.14. The third-order valence-electron chi connectivity index (χ3n) is 2.47. The lowest BCUT2D eigenvalue weighted by atomic mass is 10.1. The van der Waals surface area contributed by atoms with Crippen LogP contribution < -0.4 is 5.73 Å². The highest BCUT2D eigenvalue weighted by Gasteiger charge is 2.40. The molecule has 0 heterocycles. The first-order valence-electron chi connectivity index (χ1n) is 4.16. The van der Waals surface area contributed by atoms with E-state index in [-0.39, 0.29) is 18.1 Å². The zero-order valence-corrected chi connectivity index (χ0v) is 7.56. The third-order valence-corrected chi connectivity index (χ3v) is 2.47. The van der Waals surface area contributed by atoms with Crippen LogP contribution in [0.25, 0.3) is 0 Å². The highest BCUT2D eigenvalue weighted by atomic mass is 16.5. The number of aliphatic hydroxyl groups is 1. The molecule has 4 atom stereocenters. The Hall–Kier alpha value is -0.160. The summed E-state index contributed by atoms with van der Waals surface area (Å²) in [5.74, 6) is 0.120. The highest BCUT2D eigenvalue weighted by molar-refractivity contribution is 4.94. The molecule has 1 saturated carbocycles. The fraction of sp³-hybridized carbons (Fsp3) is 1.00. The lowest BCUT2D eigenvalue weighted by Crippen LogP contribution is -2.37. The predicted octanol–water partition coefficient (Wildman–Crippen LogP) is -0.644. The van der Waals surface area contributed by atoms with Crippen LogP contribution >= 0.6 is 0 Å². The lowest BCUT2D eigenvalue weighted by molar-refractivity contribution is -0.0257. The van der Waals surface area contributed by atoms with Gasteiger partial charge >= 0.3 is 0 Å². The normalized spacial score (nSPS) is 42.0. The summed E-state index contributed by atoms with van der Waals surface area (Å²) in [6, 6.07) is -0.0647. The van der Waals surface area contributed by atoms with Crippen LogP contribution in [0.5, 0.6) is 0 Å². The van der Waals surface area contributed by atoms with Gasteiger partial charge in [0.25, 0.3) is 0 Å². The molecule has 4 nitrogen and oxygen atoms in total. The number of nitrogens with two attached hydrogens (primary N) is 1. The lowest BCUT2D eigenvalue weighted by Gasteiger charge is -2.18. The number of aliphatic hydroxyl groups excluding tert-OH is 1. The summed E-state index contributed by atoms with van der Waals surface area (Å²) < 4.78 is 10.0. The summed E-state index contributed by atoms with van der Waals surface area (Å²) in [5, 5.41) is 9.67. The van der Waals surface area contributed by atoms with Gasteiger partial charge in [-0.1, -0.05) is 0 Å². The van der Waals surface area contributed by atoms with E-state index >= 15 is 0 Å². The summed E-state index contributed by atoms with van der Waals surface area (Å²) in [6.45, 7) is 0.550. The fourth-order valence-corrected chi connectivity index (χ4v) is 1.84. The Labute approximate surface area is 72.6 Å². The van der Waals surface area contributed by atoms with E-state index in [1.165, 1.54) is 0 Å². The number of hydrogen-bond acceptors (Lipinski definition) is 4. The monoisotopic (exact) mass is 175 g/mol. The van der Waals surface area contributed by atoms with Crippen molar-refractivity contribution in [2.24, 2.45) is 11.7 Å². The van der Waals surface area contributed by atoms with Crippen LogP contribution in [0.3, 0.4) is 0 Å². The second kappa shape index (κ2) is 4.18. The zero-order valence-electron chi connectivity index (χ0n) is 7.56. The van der Waals surface area contributed by atoms with Gasteiger partial charge in [-0.25, -0.2) is 0 Å². The van der Waals surface area contributed by atoms with Crippen LogP contribution in [-0.2, 0) is 9.47 Å². The minimum atomic E-state index is -0.482. The van der Waals surface area contributed by atoms with Crippen molar-refractivity contribution in [2.45, 2.75) is 24.7 Å². The van der Waals surface area contributed by atoms with Crippen LogP contribution in [0.15, 0.2) is 0 Å². The predicted molar refractivity (Wildman–Crippen MR) is 44.8 cm³/mol. The van der Waals surface area contributed by atoms with Crippen LogP contribution in [0.4, 0.5) is 0 Å². The van der Waals surface area contributed by atoms with E-state index in [1.54, 1.807) is 14.2 Å². The molecule has 72 valence electrons. The van der Waals surface area contributed by atoms with Crippen molar-refractivity contribution in [3.05, 3.63) is 0 Å². The summed E-state index contributed by atoms with van der Waals surface area (Å²) in [5.41, 5.74) is 5.76. The van der Waals surface area contributed by atoms with E-state index in [0.29, 0.717) is 6.61 Å². The molecule has 0 spiro atoms. The molecule has 1 rings (SSSR count). The number of hydrogen-bond donors (Lipinski definition) is 2. The van der Waals surface area contributed by atoms with Crippen molar-refractivity contribution in [2.75, 3.05) is 20.8 Å². The molecular weight excluding hydrogens is 158 g/mol. The second-order valence-corrected chi connectivity index (χ2v) is 3.31. The van der Waals surface area contributed by atoms with E-state index < -0.39 is 6.10 Å². The molecule has 4 heteroatoms. The van der Waals surface area contributed by atoms with Crippen molar-refractivity contribution in [3.63, 3.8) is 0 Å². The molecule has 0 saturated heterocycles. The maximum absolute atomic E-state index is 9.67. The van der Waals surface area contributed by atoms with Gasteiger partial charge in [0.15, 0.2) is 0 Å². The summed E-state index contributed by atoms with van der Waals surface area (Å²) in [7, 11) is 3.20. The summed E-state index contributed by atoms with van der Waals surface area (Å²) in [6.07, 6.45) is 0.0585. The Morgan fingerprint density at radius 3 is 2.58 bits per heavy atom. The quantitative estimate of drug-likeness (QED) is 0.598. The maximum atomic E-state index is 9.67. The summed E-state index contributed by atoms with van der Waals surface area (Å²) in [4.78, 5) is 0. The van der Waals surface area contributed by atoms with Crippen LogP contribution in [0, 0.1) is 5.92 Å². The Bertz CT molecular complexity index is 142. The van der Waals surface area contributed by atoms with Gasteiger partial charge in [-0.2, -0.15) is 0 Å². The first-order chi connectivity index (χ1) is 5.70. The number of ether oxygens (including phenoxy) is 2. The molecule has 0 aromatic carbocycles. The van der Waals surface area contributed by atoms with E-state index in [9.17, 15) is 5.11 Å². The first-order valence-corrected chi connectivity index (χ1v) is 4.16. The van der Waals surface area contributed by atoms with Gasteiger partial charge in [-0.3, -0.25) is 0 Å². The van der Waals surface area contributed by atoms with Gasteiger partial charge in [0.2, 0.25) is 0 Å². The molecule has 0 amide bonds. The first kappa shape index (κ1) is 9.92. The van der Waals surface area contributed by atoms with Crippen LogP contribution in [0.2, 0.25) is 0 Å². The van der Waals surface area contributed by atoms with Gasteiger partial charge in [0.1, 0.15) is 0 Å². The molecule has 0 aromatic heterocycles. The Morgan fingerprint density at radius 1 is 1.50 bits per heavy atom. The van der Waals surface area contributed by atoms with Gasteiger partial charge in [0.05, 0.1) is 18.8 Å². The minimum absolute atomic E-state index is 0.0647. The molecule has 1 fully saturated rings. The van der Waals surface area contributed by atoms with E-state index in [2.05, 4.69) is 0 Å². The molecular formula is C8H17NO3. The average molecular weight is 175 g/mol. The van der Waals surface area contributed by atoms with E-state index in [4.69, 9.17) is 15.2 Å². The molecule has 3 N–H and O–H groups in total. The molecule has 1 aliphatic rings. The standard InChI is InChI=1S/C8H17NO3/c1-11-4-5-3-6(9)8(12-2)7(5)10/h5-8,10H,3-4,9H2,1-2H3/t5-,6+,7+,8?/m1/s1. The molecule has 0 radical (unpaired) electrons. The minimum Gasteiger partial charge on any atom is -0.390 e. The Balaban J connectivity index is 2.49. The van der Waals surface area contributed by atoms with Crippen LogP contribution in [-0.4, -0.2) is 44.2 Å². The summed E-state index contributed by atoms with van der Waals surface area (Å²) >= 11 is 0. The smallest absolute Gasteiger partial charge is 0.0984 e. The Kier molecular flexibility index (Phi) is 3.46. The van der Waals surface area contributed by atoms with E-state index in [0.717, 1.165) is 6.42 Å². The molecule has 0 aromatic rings. The molecule has 0 bridgehead atoms. The maximum Gasteiger partial charge on any atom is 0.0984 e. The number of rotatable bonds is 3. The molecule has 1 aliphatic carbocycles. The SMILES string of the molecule is COC[C@H]1C[C@H](N)C(OC)[C@H]1O. The molecule has 12 heavy (non-hydrogen) atoms. The van der Waals surface area contributed by atoms with Crippen molar-refractivity contribution >= 4 is 0 Å². The van der Waals surface area contributed by atoms with Crippen molar-refractivity contribution < 1.29 is 14.6 Å². The van der Waals surface area contributed by atoms with Crippen LogP contribution in [0.1, 0.15) is 6.42 Å². The fourth-order valence-electron chi connectivity index (χ4n) is 1.84. The largest absolute Gasteiger partial charge is 0.390 e.